The molecule has 31 heavy (non-hydrogen) atoms. The maximum atomic E-state index is 13.0. The van der Waals surface area contributed by atoms with Crippen LogP contribution in [0.1, 0.15) is 46.6 Å². The minimum absolute atomic E-state index is 0.0287. The van der Waals surface area contributed by atoms with E-state index in [1.165, 1.54) is 11.3 Å². The zero-order valence-corrected chi connectivity index (χ0v) is 17.7. The van der Waals surface area contributed by atoms with E-state index in [9.17, 15) is 14.4 Å². The lowest BCUT2D eigenvalue weighted by atomic mass is 10.1. The average Bonchev–Trinajstić information content (AvgIpc) is 3.41. The summed E-state index contributed by atoms with van der Waals surface area (Å²) in [6.07, 6.45) is 4.90. The number of benzene rings is 1. The Bertz CT molecular complexity index is 1210. The molecular formula is C22H22N4O4S. The minimum atomic E-state index is -0.634. The van der Waals surface area contributed by atoms with Crippen LogP contribution in [0.3, 0.4) is 0 Å². The van der Waals surface area contributed by atoms with Gasteiger partial charge in [0.2, 0.25) is 0 Å². The van der Waals surface area contributed by atoms with E-state index in [0.717, 1.165) is 36.3 Å². The number of nitrogens with zero attached hydrogens (tertiary/aromatic N) is 2. The molecular weight excluding hydrogens is 416 g/mol. The fraction of sp³-hybridized carbons (Fsp3) is 0.364. The van der Waals surface area contributed by atoms with Crippen molar-refractivity contribution in [3.05, 3.63) is 56.9 Å². The average molecular weight is 439 g/mol. The van der Waals surface area contributed by atoms with Gasteiger partial charge in [-0.25, -0.2) is 14.6 Å². The molecule has 0 unspecified atom stereocenters. The molecule has 0 radical (unpaired) electrons. The molecule has 5 rings (SSSR count). The predicted octanol–water partition coefficient (Wildman–Crippen LogP) is 3.51. The number of para-hydroxylation sites is 1. The Morgan fingerprint density at radius 3 is 2.84 bits per heavy atom. The Labute approximate surface area is 182 Å². The van der Waals surface area contributed by atoms with Gasteiger partial charge in [-0.3, -0.25) is 10.1 Å². The van der Waals surface area contributed by atoms with Gasteiger partial charge >= 0.3 is 11.7 Å². The van der Waals surface area contributed by atoms with Crippen LogP contribution in [0.15, 0.2) is 39.5 Å². The largest absolute Gasteiger partial charge is 0.422 e. The number of rotatable bonds is 3. The second kappa shape index (κ2) is 8.14. The zero-order valence-electron chi connectivity index (χ0n) is 16.8. The second-order valence-electron chi connectivity index (χ2n) is 7.93. The van der Waals surface area contributed by atoms with E-state index in [1.807, 2.05) is 6.07 Å². The molecule has 9 heteroatoms. The number of thiazole rings is 1. The SMILES string of the molecule is O=C(Nc1nc2c(s1)CN(C(=O)c1cc3ccccc3oc1=O)CC2)NC1CCCC1. The number of hydrogen-bond donors (Lipinski definition) is 2. The molecule has 160 valence electrons. The summed E-state index contributed by atoms with van der Waals surface area (Å²) in [5.41, 5.74) is 0.737. The normalized spacial score (nSPS) is 16.3. The third-order valence-corrected chi connectivity index (χ3v) is 6.80. The Hall–Kier alpha value is -3.20. The molecule has 3 heterocycles. The molecule has 0 saturated heterocycles. The van der Waals surface area contributed by atoms with Gasteiger partial charge in [0.15, 0.2) is 5.13 Å². The third-order valence-electron chi connectivity index (χ3n) is 5.80. The van der Waals surface area contributed by atoms with Gasteiger partial charge in [0.25, 0.3) is 5.91 Å². The molecule has 1 fully saturated rings. The van der Waals surface area contributed by atoms with Crippen molar-refractivity contribution in [2.24, 2.45) is 0 Å². The van der Waals surface area contributed by atoms with Crippen LogP contribution >= 0.6 is 11.3 Å². The van der Waals surface area contributed by atoms with Crippen molar-refractivity contribution < 1.29 is 14.0 Å². The van der Waals surface area contributed by atoms with E-state index in [0.29, 0.717) is 35.6 Å². The van der Waals surface area contributed by atoms with E-state index >= 15 is 0 Å². The second-order valence-corrected chi connectivity index (χ2v) is 9.01. The van der Waals surface area contributed by atoms with Crippen LogP contribution in [0.5, 0.6) is 0 Å². The number of carbonyl (C=O) groups excluding carboxylic acids is 2. The van der Waals surface area contributed by atoms with E-state index in [1.54, 1.807) is 29.2 Å². The molecule has 3 aromatic rings. The van der Waals surface area contributed by atoms with Crippen LogP contribution in [-0.4, -0.2) is 34.4 Å². The summed E-state index contributed by atoms with van der Waals surface area (Å²) < 4.78 is 5.31. The molecule has 2 aromatic heterocycles. The van der Waals surface area contributed by atoms with Crippen LogP contribution in [0.25, 0.3) is 11.0 Å². The number of hydrogen-bond acceptors (Lipinski definition) is 6. The van der Waals surface area contributed by atoms with Gasteiger partial charge in [-0.1, -0.05) is 42.4 Å². The molecule has 1 aliphatic carbocycles. The Morgan fingerprint density at radius 1 is 1.19 bits per heavy atom. The van der Waals surface area contributed by atoms with Gasteiger partial charge in [0, 0.05) is 29.3 Å². The summed E-state index contributed by atoms with van der Waals surface area (Å²) in [5, 5.41) is 7.04. The fourth-order valence-electron chi connectivity index (χ4n) is 4.19. The lowest BCUT2D eigenvalue weighted by Crippen LogP contribution is -2.37. The highest BCUT2D eigenvalue weighted by molar-refractivity contribution is 7.15. The van der Waals surface area contributed by atoms with Gasteiger partial charge in [0.1, 0.15) is 11.1 Å². The van der Waals surface area contributed by atoms with Crippen molar-refractivity contribution in [1.82, 2.24) is 15.2 Å². The van der Waals surface area contributed by atoms with Gasteiger partial charge in [-0.15, -0.1) is 0 Å². The monoisotopic (exact) mass is 438 g/mol. The topological polar surface area (TPSA) is 105 Å². The zero-order chi connectivity index (χ0) is 21.4. The molecule has 2 N–H and O–H groups in total. The number of fused-ring (bicyclic) bond motifs is 2. The van der Waals surface area contributed by atoms with Crippen molar-refractivity contribution in [2.45, 2.75) is 44.7 Å². The summed E-state index contributed by atoms with van der Waals surface area (Å²) in [7, 11) is 0. The van der Waals surface area contributed by atoms with Crippen LogP contribution in [0.4, 0.5) is 9.93 Å². The van der Waals surface area contributed by atoms with Crippen molar-refractivity contribution >= 4 is 39.4 Å². The highest BCUT2D eigenvalue weighted by Crippen LogP contribution is 2.29. The fourth-order valence-corrected chi connectivity index (χ4v) is 5.21. The van der Waals surface area contributed by atoms with Crippen molar-refractivity contribution in [2.75, 3.05) is 11.9 Å². The van der Waals surface area contributed by atoms with E-state index < -0.39 is 5.63 Å². The summed E-state index contributed by atoms with van der Waals surface area (Å²) in [6.45, 7) is 0.805. The minimum Gasteiger partial charge on any atom is -0.422 e. The maximum absolute atomic E-state index is 13.0. The summed E-state index contributed by atoms with van der Waals surface area (Å²) >= 11 is 1.37. The van der Waals surface area contributed by atoms with Gasteiger partial charge in [-0.2, -0.15) is 0 Å². The smallest absolute Gasteiger partial charge is 0.349 e. The molecule has 0 spiro atoms. The first-order chi connectivity index (χ1) is 15.1. The third kappa shape index (κ3) is 4.05. The number of nitrogens with one attached hydrogen (secondary N) is 2. The summed E-state index contributed by atoms with van der Waals surface area (Å²) in [4.78, 5) is 44.7. The lowest BCUT2D eigenvalue weighted by Gasteiger charge is -2.25. The first kappa shape index (κ1) is 19.7. The van der Waals surface area contributed by atoms with Crippen LogP contribution in [-0.2, 0) is 13.0 Å². The van der Waals surface area contributed by atoms with Crippen molar-refractivity contribution in [1.29, 1.82) is 0 Å². The van der Waals surface area contributed by atoms with Crippen molar-refractivity contribution in [3.8, 4) is 0 Å². The highest BCUT2D eigenvalue weighted by atomic mass is 32.1. The van der Waals surface area contributed by atoms with Crippen LogP contribution < -0.4 is 16.3 Å². The highest BCUT2D eigenvalue weighted by Gasteiger charge is 2.27. The summed E-state index contributed by atoms with van der Waals surface area (Å²) in [5.74, 6) is -0.355. The number of carbonyl (C=O) groups is 2. The molecule has 1 saturated carbocycles. The predicted molar refractivity (Wildman–Crippen MR) is 117 cm³/mol. The van der Waals surface area contributed by atoms with Gasteiger partial charge in [-0.05, 0) is 25.0 Å². The van der Waals surface area contributed by atoms with E-state index in [4.69, 9.17) is 4.42 Å². The quantitative estimate of drug-likeness (QED) is 0.609. The van der Waals surface area contributed by atoms with Gasteiger partial charge in [0.05, 0.1) is 12.2 Å². The molecule has 3 amide bonds. The van der Waals surface area contributed by atoms with Gasteiger partial charge < -0.3 is 14.6 Å². The number of aromatic nitrogens is 1. The maximum Gasteiger partial charge on any atom is 0.349 e. The van der Waals surface area contributed by atoms with Crippen LogP contribution in [0.2, 0.25) is 0 Å². The Morgan fingerprint density at radius 2 is 2.00 bits per heavy atom. The Kier molecular flexibility index (Phi) is 5.19. The molecule has 1 aliphatic heterocycles. The molecule has 8 nitrogen and oxygen atoms in total. The molecule has 0 atom stereocenters. The molecule has 2 aliphatic rings. The van der Waals surface area contributed by atoms with E-state index in [-0.39, 0.29) is 23.5 Å². The first-order valence-electron chi connectivity index (χ1n) is 10.4. The molecule has 1 aromatic carbocycles. The molecule has 0 bridgehead atoms. The number of urea groups is 1. The standard InChI is InChI=1S/C22H22N4O4S/c27-19(15-11-13-5-1-4-8-17(13)30-20(15)28)26-10-9-16-18(12-26)31-22(24-16)25-21(29)23-14-6-2-3-7-14/h1,4-5,8,11,14H,2-3,6-7,9-10,12H2,(H2,23,24,25,29). The van der Waals surface area contributed by atoms with Crippen LogP contribution in [0, 0.1) is 0 Å². The van der Waals surface area contributed by atoms with Crippen molar-refractivity contribution in [3.63, 3.8) is 0 Å². The number of amides is 3. The lowest BCUT2D eigenvalue weighted by molar-refractivity contribution is 0.0732. The first-order valence-corrected chi connectivity index (χ1v) is 11.3. The Balaban J connectivity index is 1.29. The summed E-state index contributed by atoms with van der Waals surface area (Å²) in [6, 6.07) is 8.71. The number of anilines is 1. The van der Waals surface area contributed by atoms with E-state index in [2.05, 4.69) is 15.6 Å².